The van der Waals surface area contributed by atoms with Gasteiger partial charge in [-0.3, -0.25) is 0 Å². The van der Waals surface area contributed by atoms with Gasteiger partial charge in [0.25, 0.3) is 0 Å². The van der Waals surface area contributed by atoms with Gasteiger partial charge in [-0.2, -0.15) is 0 Å². The van der Waals surface area contributed by atoms with Crippen LogP contribution in [-0.2, 0) is 4.74 Å². The molecule has 3 heteroatoms. The highest BCUT2D eigenvalue weighted by molar-refractivity contribution is 5.35. The average molecular weight is 223 g/mol. The Labute approximate surface area is 97.6 Å². The molecular formula is C13H21NO2. The zero-order chi connectivity index (χ0) is 11.8. The minimum atomic E-state index is 0.0590. The third kappa shape index (κ3) is 3.83. The van der Waals surface area contributed by atoms with Gasteiger partial charge in [0.15, 0.2) is 0 Å². The minimum absolute atomic E-state index is 0.0590. The van der Waals surface area contributed by atoms with Crippen LogP contribution >= 0.6 is 0 Å². The molecule has 0 spiro atoms. The number of benzene rings is 1. The Bertz CT molecular complexity index is 302. The molecule has 0 fully saturated rings. The number of rotatable bonds is 7. The van der Waals surface area contributed by atoms with E-state index in [0.29, 0.717) is 13.2 Å². The molecule has 1 aromatic carbocycles. The van der Waals surface area contributed by atoms with Crippen molar-refractivity contribution in [3.8, 4) is 5.75 Å². The molecule has 90 valence electrons. The summed E-state index contributed by atoms with van der Waals surface area (Å²) in [6, 6.07) is 8.00. The molecule has 16 heavy (non-hydrogen) atoms. The van der Waals surface area contributed by atoms with Gasteiger partial charge in [-0.15, -0.1) is 0 Å². The summed E-state index contributed by atoms with van der Waals surface area (Å²) in [5.41, 5.74) is 7.18. The summed E-state index contributed by atoms with van der Waals surface area (Å²) in [5, 5.41) is 0. The number of ether oxygens (including phenoxy) is 2. The summed E-state index contributed by atoms with van der Waals surface area (Å²) >= 11 is 0. The molecule has 0 saturated heterocycles. The van der Waals surface area contributed by atoms with Gasteiger partial charge in [-0.05, 0) is 12.5 Å². The van der Waals surface area contributed by atoms with Gasteiger partial charge in [0.05, 0.1) is 6.61 Å². The Balaban J connectivity index is 2.67. The second-order valence-electron chi connectivity index (χ2n) is 3.77. The number of hydrogen-bond acceptors (Lipinski definition) is 3. The van der Waals surface area contributed by atoms with Crippen molar-refractivity contribution in [2.45, 2.75) is 25.8 Å². The molecule has 0 aromatic heterocycles. The molecule has 1 atom stereocenters. The van der Waals surface area contributed by atoms with E-state index in [0.717, 1.165) is 24.2 Å². The van der Waals surface area contributed by atoms with Crippen LogP contribution in [0.25, 0.3) is 0 Å². The summed E-state index contributed by atoms with van der Waals surface area (Å²) in [5.74, 6) is 0.875. The van der Waals surface area contributed by atoms with Crippen molar-refractivity contribution in [1.82, 2.24) is 0 Å². The highest BCUT2D eigenvalue weighted by atomic mass is 16.5. The topological polar surface area (TPSA) is 44.5 Å². The standard InChI is InChI=1S/C13H21NO2/c1-3-6-12(14)11-7-4-5-8-13(11)16-10-9-15-2/h4-5,7-8,12H,3,6,9-10,14H2,1-2H3. The minimum Gasteiger partial charge on any atom is -0.491 e. The van der Waals surface area contributed by atoms with Crippen molar-refractivity contribution in [2.24, 2.45) is 5.73 Å². The van der Waals surface area contributed by atoms with Crippen LogP contribution < -0.4 is 10.5 Å². The Morgan fingerprint density at radius 3 is 2.69 bits per heavy atom. The van der Waals surface area contributed by atoms with Gasteiger partial charge in [0.2, 0.25) is 0 Å². The predicted octanol–water partition coefficient (Wildman–Crippen LogP) is 2.51. The third-order valence-corrected chi connectivity index (χ3v) is 2.46. The molecule has 0 radical (unpaired) electrons. The zero-order valence-corrected chi connectivity index (χ0v) is 10.1. The fourth-order valence-corrected chi connectivity index (χ4v) is 1.62. The Morgan fingerprint density at radius 1 is 1.25 bits per heavy atom. The number of para-hydroxylation sites is 1. The summed E-state index contributed by atoms with van der Waals surface area (Å²) in [6.07, 6.45) is 2.05. The van der Waals surface area contributed by atoms with Crippen LogP contribution in [0.2, 0.25) is 0 Å². The fourth-order valence-electron chi connectivity index (χ4n) is 1.62. The average Bonchev–Trinajstić information content (AvgIpc) is 2.30. The lowest BCUT2D eigenvalue weighted by molar-refractivity contribution is 0.145. The molecule has 1 rings (SSSR count). The van der Waals surface area contributed by atoms with Crippen LogP contribution in [0.4, 0.5) is 0 Å². The van der Waals surface area contributed by atoms with Crippen molar-refractivity contribution in [3.05, 3.63) is 29.8 Å². The largest absolute Gasteiger partial charge is 0.491 e. The van der Waals surface area contributed by atoms with E-state index >= 15 is 0 Å². The highest BCUT2D eigenvalue weighted by Crippen LogP contribution is 2.26. The van der Waals surface area contributed by atoms with Gasteiger partial charge in [-0.1, -0.05) is 31.5 Å². The molecule has 1 aromatic rings. The molecule has 0 aliphatic carbocycles. The lowest BCUT2D eigenvalue weighted by atomic mass is 10.0. The maximum Gasteiger partial charge on any atom is 0.124 e. The normalized spacial score (nSPS) is 12.4. The fraction of sp³-hybridized carbons (Fsp3) is 0.538. The molecule has 0 amide bonds. The molecule has 0 aliphatic heterocycles. The van der Waals surface area contributed by atoms with Gasteiger partial charge in [0.1, 0.15) is 12.4 Å². The first-order valence-corrected chi connectivity index (χ1v) is 5.75. The molecule has 0 bridgehead atoms. The van der Waals surface area contributed by atoms with E-state index in [1.807, 2.05) is 24.3 Å². The van der Waals surface area contributed by atoms with Crippen LogP contribution in [0.1, 0.15) is 31.4 Å². The van der Waals surface area contributed by atoms with Gasteiger partial charge in [0, 0.05) is 18.7 Å². The number of hydrogen-bond donors (Lipinski definition) is 1. The van der Waals surface area contributed by atoms with E-state index in [9.17, 15) is 0 Å². The van der Waals surface area contributed by atoms with Crippen molar-refractivity contribution in [1.29, 1.82) is 0 Å². The molecule has 1 unspecified atom stereocenters. The maximum atomic E-state index is 6.10. The van der Waals surface area contributed by atoms with E-state index in [1.165, 1.54) is 0 Å². The van der Waals surface area contributed by atoms with E-state index < -0.39 is 0 Å². The van der Waals surface area contributed by atoms with Crippen LogP contribution in [0.5, 0.6) is 5.75 Å². The van der Waals surface area contributed by atoms with Crippen molar-refractivity contribution in [2.75, 3.05) is 20.3 Å². The van der Waals surface area contributed by atoms with Crippen LogP contribution in [0.3, 0.4) is 0 Å². The number of methoxy groups -OCH3 is 1. The monoisotopic (exact) mass is 223 g/mol. The first kappa shape index (κ1) is 13.0. The highest BCUT2D eigenvalue weighted by Gasteiger charge is 2.10. The summed E-state index contributed by atoms with van der Waals surface area (Å²) in [4.78, 5) is 0. The SMILES string of the molecule is CCCC(N)c1ccccc1OCCOC. The molecule has 0 aliphatic rings. The summed E-state index contributed by atoms with van der Waals surface area (Å²) in [6.45, 7) is 3.29. The zero-order valence-electron chi connectivity index (χ0n) is 10.1. The second kappa shape index (κ2) is 7.25. The van der Waals surface area contributed by atoms with E-state index in [-0.39, 0.29) is 6.04 Å². The van der Waals surface area contributed by atoms with E-state index in [1.54, 1.807) is 7.11 Å². The predicted molar refractivity (Wildman–Crippen MR) is 65.6 cm³/mol. The Morgan fingerprint density at radius 2 is 2.00 bits per heavy atom. The Kier molecular flexibility index (Phi) is 5.90. The summed E-state index contributed by atoms with van der Waals surface area (Å²) < 4.78 is 10.6. The smallest absolute Gasteiger partial charge is 0.124 e. The van der Waals surface area contributed by atoms with Gasteiger partial charge in [-0.25, -0.2) is 0 Å². The van der Waals surface area contributed by atoms with Crippen LogP contribution in [0.15, 0.2) is 24.3 Å². The van der Waals surface area contributed by atoms with Crippen molar-refractivity contribution in [3.63, 3.8) is 0 Å². The van der Waals surface area contributed by atoms with E-state index in [2.05, 4.69) is 6.92 Å². The number of nitrogens with two attached hydrogens (primary N) is 1. The van der Waals surface area contributed by atoms with Crippen molar-refractivity contribution < 1.29 is 9.47 Å². The first-order valence-electron chi connectivity index (χ1n) is 5.75. The molecule has 0 saturated carbocycles. The lowest BCUT2D eigenvalue weighted by Gasteiger charge is -2.16. The molecule has 2 N–H and O–H groups in total. The quantitative estimate of drug-likeness (QED) is 0.722. The maximum absolute atomic E-state index is 6.10. The third-order valence-electron chi connectivity index (χ3n) is 2.46. The molecular weight excluding hydrogens is 202 g/mol. The van der Waals surface area contributed by atoms with E-state index in [4.69, 9.17) is 15.2 Å². The Hall–Kier alpha value is -1.06. The van der Waals surface area contributed by atoms with Crippen LogP contribution in [-0.4, -0.2) is 20.3 Å². The van der Waals surface area contributed by atoms with Crippen molar-refractivity contribution >= 4 is 0 Å². The molecule has 3 nitrogen and oxygen atoms in total. The van der Waals surface area contributed by atoms with Gasteiger partial charge < -0.3 is 15.2 Å². The first-order chi connectivity index (χ1) is 7.79. The van der Waals surface area contributed by atoms with Crippen LogP contribution in [0, 0.1) is 0 Å². The van der Waals surface area contributed by atoms with Gasteiger partial charge >= 0.3 is 0 Å². The second-order valence-corrected chi connectivity index (χ2v) is 3.77. The lowest BCUT2D eigenvalue weighted by Crippen LogP contribution is -2.13. The molecule has 0 heterocycles. The summed E-state index contributed by atoms with van der Waals surface area (Å²) in [7, 11) is 1.66.